The molecule has 1 saturated carbocycles. The van der Waals surface area contributed by atoms with Gasteiger partial charge >= 0.3 is 0 Å². The van der Waals surface area contributed by atoms with Gasteiger partial charge in [0.1, 0.15) is 12.4 Å². The van der Waals surface area contributed by atoms with E-state index in [1.165, 1.54) is 18.4 Å². The summed E-state index contributed by atoms with van der Waals surface area (Å²) in [5.74, 6) is 0.711. The van der Waals surface area contributed by atoms with Crippen molar-refractivity contribution < 1.29 is 4.74 Å². The smallest absolute Gasteiger partial charge is 0.138 e. The number of ether oxygens (including phenoxy) is 1. The van der Waals surface area contributed by atoms with Crippen molar-refractivity contribution in [3.05, 3.63) is 47.0 Å². The van der Waals surface area contributed by atoms with Gasteiger partial charge in [-0.15, -0.1) is 0 Å². The highest BCUT2D eigenvalue weighted by molar-refractivity contribution is 6.32. The number of rotatable bonds is 6. The van der Waals surface area contributed by atoms with Crippen LogP contribution in [0.5, 0.6) is 5.75 Å². The Morgan fingerprint density at radius 1 is 1.45 bits per heavy atom. The van der Waals surface area contributed by atoms with E-state index in [0.717, 1.165) is 12.2 Å². The zero-order valence-electron chi connectivity index (χ0n) is 11.5. The largest absolute Gasteiger partial charge is 0.486 e. The molecule has 1 aliphatic carbocycles. The Labute approximate surface area is 123 Å². The fourth-order valence-electron chi connectivity index (χ4n) is 2.00. The molecule has 0 saturated heterocycles. The quantitative estimate of drug-likeness (QED) is 0.889. The average Bonchev–Trinajstić information content (AvgIpc) is 3.18. The van der Waals surface area contributed by atoms with Crippen LogP contribution < -0.4 is 10.1 Å². The van der Waals surface area contributed by atoms with Gasteiger partial charge in [0.05, 0.1) is 23.2 Å². The zero-order valence-corrected chi connectivity index (χ0v) is 12.2. The predicted molar refractivity (Wildman–Crippen MR) is 78.9 cm³/mol. The van der Waals surface area contributed by atoms with Gasteiger partial charge in [0.2, 0.25) is 0 Å². The molecule has 0 unspecified atom stereocenters. The van der Waals surface area contributed by atoms with Crippen molar-refractivity contribution >= 4 is 11.6 Å². The number of aryl methyl sites for hydroxylation is 1. The van der Waals surface area contributed by atoms with Crippen LogP contribution >= 0.6 is 11.6 Å². The van der Waals surface area contributed by atoms with Crippen molar-refractivity contribution in [2.24, 2.45) is 7.05 Å². The van der Waals surface area contributed by atoms with E-state index in [1.807, 2.05) is 23.7 Å². The third-order valence-corrected chi connectivity index (χ3v) is 3.76. The summed E-state index contributed by atoms with van der Waals surface area (Å²) in [6.45, 7) is 1.34. The Balaban J connectivity index is 1.60. The second-order valence-electron chi connectivity index (χ2n) is 5.20. The van der Waals surface area contributed by atoms with Crippen LogP contribution in [0.25, 0.3) is 0 Å². The lowest BCUT2D eigenvalue weighted by atomic mass is 10.2. The predicted octanol–water partition coefficient (Wildman–Crippen LogP) is 2.90. The lowest BCUT2D eigenvalue weighted by Crippen LogP contribution is -2.15. The summed E-state index contributed by atoms with van der Waals surface area (Å²) in [7, 11) is 1.94. The maximum atomic E-state index is 6.27. The minimum absolute atomic E-state index is 0.468. The molecule has 0 aliphatic heterocycles. The molecule has 106 valence electrons. The first kappa shape index (κ1) is 13.5. The first-order valence-corrected chi connectivity index (χ1v) is 7.20. The number of halogens is 1. The summed E-state index contributed by atoms with van der Waals surface area (Å²) in [5, 5.41) is 4.13. The van der Waals surface area contributed by atoms with Crippen molar-refractivity contribution in [3.63, 3.8) is 0 Å². The van der Waals surface area contributed by atoms with E-state index in [-0.39, 0.29) is 0 Å². The normalized spacial score (nSPS) is 14.5. The lowest BCUT2D eigenvalue weighted by molar-refractivity contribution is 0.297. The molecule has 1 aliphatic rings. The van der Waals surface area contributed by atoms with E-state index in [1.54, 1.807) is 12.5 Å². The van der Waals surface area contributed by atoms with E-state index in [9.17, 15) is 0 Å². The van der Waals surface area contributed by atoms with Gasteiger partial charge in [0.15, 0.2) is 0 Å². The lowest BCUT2D eigenvalue weighted by Gasteiger charge is -2.10. The highest BCUT2D eigenvalue weighted by atomic mass is 35.5. The molecule has 0 spiro atoms. The van der Waals surface area contributed by atoms with Gasteiger partial charge in [-0.2, -0.15) is 0 Å². The summed E-state index contributed by atoms with van der Waals surface area (Å²) in [4.78, 5) is 4.06. The standard InChI is InChI=1S/C15H18ClN3O/c1-19-10-17-8-13(19)9-20-15-5-2-11(6-14(15)16)7-18-12-3-4-12/h2,5-6,8,10,12,18H,3-4,7,9H2,1H3. The molecule has 1 fully saturated rings. The molecular weight excluding hydrogens is 274 g/mol. The van der Waals surface area contributed by atoms with Gasteiger partial charge in [-0.25, -0.2) is 4.98 Å². The van der Waals surface area contributed by atoms with Crippen molar-refractivity contribution in [3.8, 4) is 5.75 Å². The first-order valence-electron chi connectivity index (χ1n) is 6.82. The Morgan fingerprint density at radius 2 is 2.30 bits per heavy atom. The van der Waals surface area contributed by atoms with Gasteiger partial charge in [-0.3, -0.25) is 0 Å². The molecule has 1 aromatic carbocycles. The van der Waals surface area contributed by atoms with Gasteiger partial charge in [-0.1, -0.05) is 17.7 Å². The Bertz CT molecular complexity index is 593. The summed E-state index contributed by atoms with van der Waals surface area (Å²) in [6.07, 6.45) is 6.13. The van der Waals surface area contributed by atoms with Crippen molar-refractivity contribution in [2.75, 3.05) is 0 Å². The van der Waals surface area contributed by atoms with Gasteiger partial charge in [0, 0.05) is 19.6 Å². The number of imidazole rings is 1. The summed E-state index contributed by atoms with van der Waals surface area (Å²) in [6, 6.07) is 6.66. The van der Waals surface area contributed by atoms with Crippen LogP contribution in [0.15, 0.2) is 30.7 Å². The van der Waals surface area contributed by atoms with Gasteiger partial charge in [-0.05, 0) is 30.5 Å². The number of aromatic nitrogens is 2. The minimum atomic E-state index is 0.468. The van der Waals surface area contributed by atoms with Crippen molar-refractivity contribution in [2.45, 2.75) is 32.0 Å². The van der Waals surface area contributed by atoms with Crippen LogP contribution in [0, 0.1) is 0 Å². The highest BCUT2D eigenvalue weighted by Gasteiger charge is 2.20. The molecule has 20 heavy (non-hydrogen) atoms. The molecule has 4 nitrogen and oxygen atoms in total. The van der Waals surface area contributed by atoms with Crippen molar-refractivity contribution in [1.29, 1.82) is 0 Å². The summed E-state index contributed by atoms with van der Waals surface area (Å²) >= 11 is 6.27. The Hall–Kier alpha value is -1.52. The number of nitrogens with one attached hydrogen (secondary N) is 1. The Morgan fingerprint density at radius 3 is 2.95 bits per heavy atom. The number of hydrogen-bond donors (Lipinski definition) is 1. The van der Waals surface area contributed by atoms with Gasteiger partial charge < -0.3 is 14.6 Å². The zero-order chi connectivity index (χ0) is 13.9. The third kappa shape index (κ3) is 3.32. The molecule has 0 radical (unpaired) electrons. The fourth-order valence-corrected chi connectivity index (χ4v) is 2.25. The van der Waals surface area contributed by atoms with Crippen molar-refractivity contribution in [1.82, 2.24) is 14.9 Å². The molecule has 1 heterocycles. The molecule has 1 N–H and O–H groups in total. The summed E-state index contributed by atoms with van der Waals surface area (Å²) in [5.41, 5.74) is 2.20. The summed E-state index contributed by atoms with van der Waals surface area (Å²) < 4.78 is 7.67. The molecule has 5 heteroatoms. The maximum absolute atomic E-state index is 6.27. The SMILES string of the molecule is Cn1cncc1COc1ccc(CNC2CC2)cc1Cl. The van der Waals surface area contributed by atoms with Crippen LogP contribution in [0.4, 0.5) is 0 Å². The van der Waals surface area contributed by atoms with E-state index < -0.39 is 0 Å². The van der Waals surface area contributed by atoms with Gasteiger partial charge in [0.25, 0.3) is 0 Å². The molecule has 1 aromatic heterocycles. The molecule has 0 bridgehead atoms. The van der Waals surface area contributed by atoms with Crippen LogP contribution in [-0.4, -0.2) is 15.6 Å². The number of hydrogen-bond acceptors (Lipinski definition) is 3. The maximum Gasteiger partial charge on any atom is 0.138 e. The minimum Gasteiger partial charge on any atom is -0.486 e. The first-order chi connectivity index (χ1) is 9.72. The molecular formula is C15H18ClN3O. The molecule has 0 atom stereocenters. The highest BCUT2D eigenvalue weighted by Crippen LogP contribution is 2.27. The second kappa shape index (κ2) is 5.85. The van der Waals surface area contributed by atoms with Crippen LogP contribution in [0.1, 0.15) is 24.1 Å². The number of benzene rings is 1. The fraction of sp³-hybridized carbons (Fsp3) is 0.400. The van der Waals surface area contributed by atoms with E-state index in [2.05, 4.69) is 16.4 Å². The number of nitrogens with zero attached hydrogens (tertiary/aromatic N) is 2. The molecule has 3 rings (SSSR count). The van der Waals surface area contributed by atoms with E-state index in [0.29, 0.717) is 23.4 Å². The Kier molecular flexibility index (Phi) is 3.94. The van der Waals surface area contributed by atoms with E-state index >= 15 is 0 Å². The monoisotopic (exact) mass is 291 g/mol. The average molecular weight is 292 g/mol. The third-order valence-electron chi connectivity index (χ3n) is 3.46. The molecule has 0 amide bonds. The van der Waals surface area contributed by atoms with Crippen LogP contribution in [-0.2, 0) is 20.2 Å². The van der Waals surface area contributed by atoms with Crippen LogP contribution in [0.3, 0.4) is 0 Å². The topological polar surface area (TPSA) is 39.1 Å². The van der Waals surface area contributed by atoms with E-state index in [4.69, 9.17) is 16.3 Å². The second-order valence-corrected chi connectivity index (χ2v) is 5.61. The van der Waals surface area contributed by atoms with Crippen LogP contribution in [0.2, 0.25) is 5.02 Å². The molecule has 2 aromatic rings.